The zero-order valence-corrected chi connectivity index (χ0v) is 8.96. The first-order valence-corrected chi connectivity index (χ1v) is 5.13. The molecule has 6 heteroatoms. The maximum Gasteiger partial charge on any atom is 0.321 e. The van der Waals surface area contributed by atoms with E-state index in [1.54, 1.807) is 17.9 Å². The Bertz CT molecular complexity index is 390. The number of aliphatic hydroxyl groups excluding tert-OH is 1. The van der Waals surface area contributed by atoms with Gasteiger partial charge in [0.15, 0.2) is 0 Å². The molecule has 0 radical (unpaired) electrons. The van der Waals surface area contributed by atoms with Crippen molar-refractivity contribution >= 4 is 5.97 Å². The summed E-state index contributed by atoms with van der Waals surface area (Å²) in [6.45, 7) is 2.54. The molecule has 0 saturated carbocycles. The molecular weight excluding hydrogens is 212 g/mol. The number of carboxylic acids is 1. The van der Waals surface area contributed by atoms with E-state index >= 15 is 0 Å². The molecule has 0 bridgehead atoms. The summed E-state index contributed by atoms with van der Waals surface area (Å²) in [5.74, 6) is -0.210. The zero-order chi connectivity index (χ0) is 11.7. The molecule has 16 heavy (non-hydrogen) atoms. The fraction of sp³-hybridized carbons (Fsp3) is 0.600. The third-order valence-electron chi connectivity index (χ3n) is 2.71. The Hall–Kier alpha value is -1.40. The quantitative estimate of drug-likeness (QED) is 0.754. The second-order valence-electron chi connectivity index (χ2n) is 4.10. The lowest BCUT2D eigenvalue weighted by Crippen LogP contribution is -2.35. The summed E-state index contributed by atoms with van der Waals surface area (Å²) in [7, 11) is 0. The molecule has 1 aliphatic heterocycles. The first kappa shape index (κ1) is 11.1. The number of aliphatic hydroxyl groups is 1. The van der Waals surface area contributed by atoms with Crippen molar-refractivity contribution in [2.24, 2.45) is 0 Å². The van der Waals surface area contributed by atoms with Crippen molar-refractivity contribution in [3.8, 4) is 0 Å². The summed E-state index contributed by atoms with van der Waals surface area (Å²) in [5, 5.41) is 22.2. The van der Waals surface area contributed by atoms with Crippen LogP contribution >= 0.6 is 0 Å². The maximum absolute atomic E-state index is 11.0. The van der Waals surface area contributed by atoms with Gasteiger partial charge in [0.25, 0.3) is 0 Å². The summed E-state index contributed by atoms with van der Waals surface area (Å²) in [4.78, 5) is 12.7. The Morgan fingerprint density at radius 2 is 2.50 bits per heavy atom. The van der Waals surface area contributed by atoms with Gasteiger partial charge < -0.3 is 14.7 Å². The van der Waals surface area contributed by atoms with Crippen LogP contribution in [0.5, 0.6) is 0 Å². The number of β-amino-alcohol motifs (C(OH)–C–C–N with tert-alkyl or cyclic N) is 1. The first-order valence-electron chi connectivity index (χ1n) is 5.13. The van der Waals surface area contributed by atoms with Crippen LogP contribution < -0.4 is 0 Å². The van der Waals surface area contributed by atoms with Crippen molar-refractivity contribution in [2.45, 2.75) is 32.0 Å². The van der Waals surface area contributed by atoms with Crippen LogP contribution in [0.3, 0.4) is 0 Å². The third-order valence-corrected chi connectivity index (χ3v) is 2.71. The monoisotopic (exact) mass is 226 g/mol. The Labute approximate surface area is 92.5 Å². The molecule has 1 aliphatic rings. The third kappa shape index (κ3) is 2.23. The highest BCUT2D eigenvalue weighted by Gasteiger charge is 2.36. The summed E-state index contributed by atoms with van der Waals surface area (Å²) in [5.41, 5.74) is 0.692. The minimum atomic E-state index is -0.906. The molecule has 6 nitrogen and oxygen atoms in total. The Kier molecular flexibility index (Phi) is 2.93. The molecule has 2 rings (SSSR count). The topological polar surface area (TPSA) is 86.8 Å². The number of carboxylic acid groups (broad SMARTS) is 1. The van der Waals surface area contributed by atoms with Gasteiger partial charge in [0.05, 0.1) is 11.8 Å². The highest BCUT2D eigenvalue weighted by molar-refractivity contribution is 5.74. The van der Waals surface area contributed by atoms with Crippen LogP contribution in [-0.4, -0.2) is 44.9 Å². The minimum Gasteiger partial charge on any atom is -0.480 e. The van der Waals surface area contributed by atoms with Crippen molar-refractivity contribution in [1.29, 1.82) is 0 Å². The van der Waals surface area contributed by atoms with Gasteiger partial charge in [-0.05, 0) is 6.92 Å². The van der Waals surface area contributed by atoms with Gasteiger partial charge in [0.1, 0.15) is 11.8 Å². The van der Waals surface area contributed by atoms with Gasteiger partial charge in [-0.25, -0.2) is 0 Å². The van der Waals surface area contributed by atoms with Crippen LogP contribution in [-0.2, 0) is 11.3 Å². The summed E-state index contributed by atoms with van der Waals surface area (Å²) < 4.78 is 4.91. The number of carbonyl (C=O) groups is 1. The first-order chi connectivity index (χ1) is 7.56. The second kappa shape index (κ2) is 4.23. The molecule has 0 amide bonds. The van der Waals surface area contributed by atoms with E-state index in [2.05, 4.69) is 5.16 Å². The van der Waals surface area contributed by atoms with E-state index in [0.29, 0.717) is 24.5 Å². The Balaban J connectivity index is 2.05. The second-order valence-corrected chi connectivity index (χ2v) is 4.10. The van der Waals surface area contributed by atoms with E-state index in [1.165, 1.54) is 0 Å². The van der Waals surface area contributed by atoms with E-state index in [9.17, 15) is 9.90 Å². The van der Waals surface area contributed by atoms with E-state index in [-0.39, 0.29) is 6.42 Å². The van der Waals surface area contributed by atoms with Gasteiger partial charge in [-0.3, -0.25) is 9.69 Å². The van der Waals surface area contributed by atoms with Gasteiger partial charge >= 0.3 is 5.97 Å². The summed E-state index contributed by atoms with van der Waals surface area (Å²) in [6.07, 6.45) is -0.305. The van der Waals surface area contributed by atoms with Gasteiger partial charge in [-0.15, -0.1) is 0 Å². The number of aryl methyl sites for hydroxylation is 1. The van der Waals surface area contributed by atoms with Crippen molar-refractivity contribution in [1.82, 2.24) is 10.1 Å². The molecular formula is C10H14N2O4. The molecule has 1 aromatic heterocycles. The lowest BCUT2D eigenvalue weighted by atomic mass is 10.2. The molecule has 0 aliphatic carbocycles. The molecule has 2 N–H and O–H groups in total. The molecule has 2 heterocycles. The number of nitrogens with zero attached hydrogens (tertiary/aromatic N) is 2. The summed E-state index contributed by atoms with van der Waals surface area (Å²) >= 11 is 0. The van der Waals surface area contributed by atoms with Crippen molar-refractivity contribution in [3.63, 3.8) is 0 Å². The van der Waals surface area contributed by atoms with E-state index in [4.69, 9.17) is 9.63 Å². The van der Waals surface area contributed by atoms with Crippen molar-refractivity contribution < 1.29 is 19.5 Å². The normalized spacial score (nSPS) is 26.1. The summed E-state index contributed by atoms with van der Waals surface area (Å²) in [6, 6.07) is 1.14. The fourth-order valence-corrected chi connectivity index (χ4v) is 2.01. The predicted octanol–water partition coefficient (Wildman–Crippen LogP) is 0.00282. The van der Waals surface area contributed by atoms with E-state index in [1.807, 2.05) is 0 Å². The van der Waals surface area contributed by atoms with Crippen LogP contribution in [0.2, 0.25) is 0 Å². The molecule has 1 saturated heterocycles. The average Bonchev–Trinajstić information content (AvgIpc) is 2.74. The number of likely N-dealkylation sites (tertiary alicyclic amines) is 1. The number of hydrogen-bond acceptors (Lipinski definition) is 5. The predicted molar refractivity (Wildman–Crippen MR) is 53.7 cm³/mol. The minimum absolute atomic E-state index is 0.270. The van der Waals surface area contributed by atoms with Crippen LogP contribution in [0.15, 0.2) is 10.6 Å². The zero-order valence-electron chi connectivity index (χ0n) is 8.96. The molecule has 1 aromatic rings. The smallest absolute Gasteiger partial charge is 0.321 e. The molecule has 2 unspecified atom stereocenters. The van der Waals surface area contributed by atoms with Gasteiger partial charge in [0.2, 0.25) is 0 Å². The van der Waals surface area contributed by atoms with Crippen molar-refractivity contribution in [2.75, 3.05) is 6.54 Å². The molecule has 0 aromatic carbocycles. The molecule has 1 fully saturated rings. The number of aliphatic carboxylic acids is 1. The number of rotatable bonds is 3. The maximum atomic E-state index is 11.0. The molecule has 2 atom stereocenters. The van der Waals surface area contributed by atoms with Crippen LogP contribution in [0.25, 0.3) is 0 Å². The van der Waals surface area contributed by atoms with Crippen LogP contribution in [0.4, 0.5) is 0 Å². The Morgan fingerprint density at radius 3 is 3.06 bits per heavy atom. The largest absolute Gasteiger partial charge is 0.480 e. The molecule has 0 spiro atoms. The van der Waals surface area contributed by atoms with Gasteiger partial charge in [-0.1, -0.05) is 5.16 Å². The number of aromatic nitrogens is 1. The SMILES string of the molecule is Cc1cc(CN2CC(O)CC2C(=O)O)no1. The van der Waals surface area contributed by atoms with Crippen molar-refractivity contribution in [3.05, 3.63) is 17.5 Å². The number of hydrogen-bond donors (Lipinski definition) is 2. The highest BCUT2D eigenvalue weighted by Crippen LogP contribution is 2.20. The van der Waals surface area contributed by atoms with Crippen LogP contribution in [0, 0.1) is 6.92 Å². The standard InChI is InChI=1S/C10H14N2O4/c1-6-2-7(11-16-6)4-12-5-8(13)3-9(12)10(14)15/h2,8-9,13H,3-5H2,1H3,(H,14,15). The van der Waals surface area contributed by atoms with E-state index in [0.717, 1.165) is 0 Å². The van der Waals surface area contributed by atoms with Crippen LogP contribution in [0.1, 0.15) is 17.9 Å². The Morgan fingerprint density at radius 1 is 1.75 bits per heavy atom. The average molecular weight is 226 g/mol. The fourth-order valence-electron chi connectivity index (χ4n) is 2.01. The lowest BCUT2D eigenvalue weighted by Gasteiger charge is -2.18. The molecule has 88 valence electrons. The lowest BCUT2D eigenvalue weighted by molar-refractivity contribution is -0.142. The van der Waals surface area contributed by atoms with Gasteiger partial charge in [0, 0.05) is 25.6 Å². The highest BCUT2D eigenvalue weighted by atomic mass is 16.5. The van der Waals surface area contributed by atoms with Gasteiger partial charge in [-0.2, -0.15) is 0 Å². The van der Waals surface area contributed by atoms with E-state index < -0.39 is 18.1 Å².